The number of nitrogens with zero attached hydrogens (tertiary/aromatic N) is 1. The summed E-state index contributed by atoms with van der Waals surface area (Å²) in [5.74, 6) is 0.0977. The molecule has 148 valence electrons. The van der Waals surface area contributed by atoms with Crippen molar-refractivity contribution in [1.29, 1.82) is 5.26 Å². The maximum Gasteiger partial charge on any atom is 0.262 e. The minimum absolute atomic E-state index is 0.125. The standard InChI is InChI=1S/C25H20N2O3/c1-18-4-2-3-5-23(18)27-25(29)17-30-22-13-11-21(12-14-22)24(28)15-10-19-6-8-20(16-26)9-7-19/h2-15H,17H2,1H3,(H,27,29)/b15-10+. The quantitative estimate of drug-likeness (QED) is 0.460. The summed E-state index contributed by atoms with van der Waals surface area (Å²) in [5.41, 5.74) is 3.64. The minimum Gasteiger partial charge on any atom is -0.484 e. The second kappa shape index (κ2) is 9.85. The van der Waals surface area contributed by atoms with Crippen LogP contribution in [0, 0.1) is 18.3 Å². The van der Waals surface area contributed by atoms with Gasteiger partial charge in [0.05, 0.1) is 11.6 Å². The van der Waals surface area contributed by atoms with E-state index in [1.807, 2.05) is 31.2 Å². The van der Waals surface area contributed by atoms with Gasteiger partial charge in [0.25, 0.3) is 5.91 Å². The number of hydrogen-bond acceptors (Lipinski definition) is 4. The van der Waals surface area contributed by atoms with E-state index in [0.717, 1.165) is 16.8 Å². The highest BCUT2D eigenvalue weighted by Crippen LogP contribution is 2.15. The molecule has 0 atom stereocenters. The maximum absolute atomic E-state index is 12.3. The van der Waals surface area contributed by atoms with Gasteiger partial charge >= 0.3 is 0 Å². The molecule has 1 N–H and O–H groups in total. The summed E-state index contributed by atoms with van der Waals surface area (Å²) in [7, 11) is 0. The number of rotatable bonds is 7. The van der Waals surface area contributed by atoms with E-state index in [4.69, 9.17) is 10.00 Å². The molecule has 5 heteroatoms. The molecule has 0 spiro atoms. The van der Waals surface area contributed by atoms with Crippen molar-refractivity contribution in [2.24, 2.45) is 0 Å². The van der Waals surface area contributed by atoms with Crippen LogP contribution in [0.5, 0.6) is 5.75 Å². The molecule has 3 aromatic rings. The van der Waals surface area contributed by atoms with E-state index >= 15 is 0 Å². The number of benzene rings is 3. The zero-order chi connectivity index (χ0) is 21.3. The number of ether oxygens (including phenoxy) is 1. The van der Waals surface area contributed by atoms with Crippen molar-refractivity contribution < 1.29 is 14.3 Å². The molecule has 0 aliphatic carbocycles. The van der Waals surface area contributed by atoms with Gasteiger partial charge in [-0.1, -0.05) is 36.4 Å². The number of amides is 1. The van der Waals surface area contributed by atoms with Crippen molar-refractivity contribution >= 4 is 23.5 Å². The topological polar surface area (TPSA) is 79.2 Å². The number of carbonyl (C=O) groups is 2. The molecule has 3 aromatic carbocycles. The highest BCUT2D eigenvalue weighted by molar-refractivity contribution is 6.06. The summed E-state index contributed by atoms with van der Waals surface area (Å²) in [5, 5.41) is 11.6. The van der Waals surface area contributed by atoms with Gasteiger partial charge in [0, 0.05) is 11.3 Å². The van der Waals surface area contributed by atoms with E-state index in [9.17, 15) is 9.59 Å². The van der Waals surface area contributed by atoms with Crippen LogP contribution in [-0.4, -0.2) is 18.3 Å². The summed E-state index contributed by atoms with van der Waals surface area (Å²) in [4.78, 5) is 24.4. The van der Waals surface area contributed by atoms with Crippen LogP contribution in [0.15, 0.2) is 78.9 Å². The van der Waals surface area contributed by atoms with Crippen LogP contribution < -0.4 is 10.1 Å². The number of nitriles is 1. The molecule has 30 heavy (non-hydrogen) atoms. The number of nitrogens with one attached hydrogen (secondary N) is 1. The summed E-state index contributed by atoms with van der Waals surface area (Å²) in [6, 6.07) is 23.1. The molecular formula is C25H20N2O3. The predicted molar refractivity (Wildman–Crippen MR) is 116 cm³/mol. The van der Waals surface area contributed by atoms with Gasteiger partial charge in [-0.05, 0) is 66.6 Å². The van der Waals surface area contributed by atoms with Gasteiger partial charge in [-0.25, -0.2) is 0 Å². The second-order valence-electron chi connectivity index (χ2n) is 6.61. The lowest BCUT2D eigenvalue weighted by Crippen LogP contribution is -2.20. The van der Waals surface area contributed by atoms with E-state index in [1.165, 1.54) is 6.08 Å². The van der Waals surface area contributed by atoms with Crippen LogP contribution >= 0.6 is 0 Å². The molecule has 0 saturated carbocycles. The minimum atomic E-state index is -0.255. The molecule has 0 heterocycles. The fourth-order valence-electron chi connectivity index (χ4n) is 2.70. The zero-order valence-corrected chi connectivity index (χ0v) is 16.5. The van der Waals surface area contributed by atoms with Gasteiger partial charge in [-0.3, -0.25) is 9.59 Å². The molecule has 5 nitrogen and oxygen atoms in total. The lowest BCUT2D eigenvalue weighted by atomic mass is 10.1. The van der Waals surface area contributed by atoms with E-state index in [0.29, 0.717) is 16.9 Å². The van der Waals surface area contributed by atoms with E-state index in [2.05, 4.69) is 11.4 Å². The maximum atomic E-state index is 12.3. The normalized spacial score (nSPS) is 10.4. The number of hydrogen-bond donors (Lipinski definition) is 1. The van der Waals surface area contributed by atoms with Crippen LogP contribution in [0.4, 0.5) is 5.69 Å². The fourth-order valence-corrected chi connectivity index (χ4v) is 2.70. The van der Waals surface area contributed by atoms with Gasteiger partial charge in [0.1, 0.15) is 5.75 Å². The number of para-hydroxylation sites is 1. The van der Waals surface area contributed by atoms with Crippen LogP contribution in [0.25, 0.3) is 6.08 Å². The lowest BCUT2D eigenvalue weighted by Gasteiger charge is -2.09. The fraction of sp³-hybridized carbons (Fsp3) is 0.0800. The van der Waals surface area contributed by atoms with E-state index < -0.39 is 0 Å². The molecule has 0 aliphatic rings. The number of anilines is 1. The molecule has 1 amide bonds. The Morgan fingerprint density at radius 3 is 2.37 bits per heavy atom. The number of allylic oxidation sites excluding steroid dienone is 1. The second-order valence-corrected chi connectivity index (χ2v) is 6.61. The van der Waals surface area contributed by atoms with Gasteiger partial charge in [0.2, 0.25) is 0 Å². The van der Waals surface area contributed by atoms with Crippen LogP contribution in [0.1, 0.15) is 27.0 Å². The third-order valence-corrected chi connectivity index (χ3v) is 4.39. The number of ketones is 1. The average molecular weight is 396 g/mol. The molecule has 0 aliphatic heterocycles. The molecule has 0 unspecified atom stereocenters. The van der Waals surface area contributed by atoms with E-state index in [-0.39, 0.29) is 18.3 Å². The first kappa shape index (κ1) is 20.6. The first-order chi connectivity index (χ1) is 14.5. The molecule has 0 aromatic heterocycles. The van der Waals surface area contributed by atoms with Crippen molar-refractivity contribution in [2.75, 3.05) is 11.9 Å². The summed E-state index contributed by atoms with van der Waals surface area (Å²) in [6.07, 6.45) is 3.18. The molecule has 0 radical (unpaired) electrons. The summed E-state index contributed by atoms with van der Waals surface area (Å²) in [6.45, 7) is 1.79. The van der Waals surface area contributed by atoms with Crippen molar-refractivity contribution in [3.05, 3.63) is 101 Å². The van der Waals surface area contributed by atoms with Gasteiger partial charge in [0.15, 0.2) is 12.4 Å². The number of aryl methyl sites for hydroxylation is 1. The van der Waals surface area contributed by atoms with Gasteiger partial charge in [-0.15, -0.1) is 0 Å². The third-order valence-electron chi connectivity index (χ3n) is 4.39. The van der Waals surface area contributed by atoms with Gasteiger partial charge in [-0.2, -0.15) is 5.26 Å². The molecule has 0 fully saturated rings. The molecule has 0 saturated heterocycles. The predicted octanol–water partition coefficient (Wildman–Crippen LogP) is 4.78. The zero-order valence-electron chi connectivity index (χ0n) is 16.5. The van der Waals surface area contributed by atoms with Crippen molar-refractivity contribution in [3.63, 3.8) is 0 Å². The number of carbonyl (C=O) groups excluding carboxylic acids is 2. The first-order valence-corrected chi connectivity index (χ1v) is 9.36. The van der Waals surface area contributed by atoms with Crippen molar-refractivity contribution in [2.45, 2.75) is 6.92 Å². The Labute approximate surface area is 175 Å². The van der Waals surface area contributed by atoms with Gasteiger partial charge < -0.3 is 10.1 Å². The van der Waals surface area contributed by atoms with Crippen LogP contribution in [-0.2, 0) is 4.79 Å². The average Bonchev–Trinajstić information content (AvgIpc) is 2.78. The Kier molecular flexibility index (Phi) is 6.75. The Morgan fingerprint density at radius 1 is 1.00 bits per heavy atom. The Hall–Kier alpha value is -4.17. The Balaban J connectivity index is 1.53. The first-order valence-electron chi connectivity index (χ1n) is 9.36. The monoisotopic (exact) mass is 396 g/mol. The highest BCUT2D eigenvalue weighted by Gasteiger charge is 2.07. The molecular weight excluding hydrogens is 376 g/mol. The summed E-state index contributed by atoms with van der Waals surface area (Å²) >= 11 is 0. The lowest BCUT2D eigenvalue weighted by molar-refractivity contribution is -0.118. The molecule has 0 bridgehead atoms. The largest absolute Gasteiger partial charge is 0.484 e. The smallest absolute Gasteiger partial charge is 0.262 e. The van der Waals surface area contributed by atoms with Crippen molar-refractivity contribution in [3.8, 4) is 11.8 Å². The highest BCUT2D eigenvalue weighted by atomic mass is 16.5. The van der Waals surface area contributed by atoms with Crippen LogP contribution in [0.2, 0.25) is 0 Å². The van der Waals surface area contributed by atoms with E-state index in [1.54, 1.807) is 54.6 Å². The Morgan fingerprint density at radius 2 is 1.70 bits per heavy atom. The third kappa shape index (κ3) is 5.66. The van der Waals surface area contributed by atoms with Crippen molar-refractivity contribution in [1.82, 2.24) is 0 Å². The van der Waals surface area contributed by atoms with Crippen LogP contribution in [0.3, 0.4) is 0 Å². The molecule has 3 rings (SSSR count). The Bertz CT molecular complexity index is 1110. The summed E-state index contributed by atoms with van der Waals surface area (Å²) < 4.78 is 5.50. The SMILES string of the molecule is Cc1ccccc1NC(=O)COc1ccc(C(=O)/C=C/c2ccc(C#N)cc2)cc1.